The lowest BCUT2D eigenvalue weighted by Gasteiger charge is -2.32. The molecule has 0 aliphatic carbocycles. The predicted molar refractivity (Wildman–Crippen MR) is 86.1 cm³/mol. The Morgan fingerprint density at radius 1 is 1.38 bits per heavy atom. The molecule has 1 aromatic rings. The molecule has 6 heteroatoms. The quantitative estimate of drug-likeness (QED) is 0.842. The van der Waals surface area contributed by atoms with Crippen molar-refractivity contribution in [3.8, 4) is 0 Å². The first-order chi connectivity index (χ1) is 10.1. The second-order valence-electron chi connectivity index (χ2n) is 5.42. The highest BCUT2D eigenvalue weighted by atomic mass is 35.5. The lowest BCUT2D eigenvalue weighted by molar-refractivity contribution is 0.0910. The molecule has 0 radical (unpaired) electrons. The van der Waals surface area contributed by atoms with E-state index in [1.807, 2.05) is 0 Å². The molecule has 1 aromatic heterocycles. The van der Waals surface area contributed by atoms with Gasteiger partial charge in [0.15, 0.2) is 0 Å². The van der Waals surface area contributed by atoms with Crippen LogP contribution in [-0.2, 0) is 0 Å². The molecule has 1 aliphatic heterocycles. The minimum atomic E-state index is -0.170. The smallest absolute Gasteiger partial charge is 0.254 e. The minimum Gasteiger partial charge on any atom is -0.349 e. The number of carbonyl (C=O) groups is 1. The van der Waals surface area contributed by atoms with Crippen molar-refractivity contribution >= 4 is 29.1 Å². The van der Waals surface area contributed by atoms with Crippen LogP contribution in [0.2, 0.25) is 10.3 Å². The van der Waals surface area contributed by atoms with Crippen molar-refractivity contribution in [2.45, 2.75) is 38.6 Å². The van der Waals surface area contributed by atoms with Gasteiger partial charge in [0.25, 0.3) is 5.91 Å². The molecule has 0 bridgehead atoms. The number of pyridine rings is 1. The van der Waals surface area contributed by atoms with Crippen LogP contribution < -0.4 is 5.32 Å². The second-order valence-corrected chi connectivity index (χ2v) is 6.16. The van der Waals surface area contributed by atoms with Crippen LogP contribution in [0.15, 0.2) is 12.1 Å². The van der Waals surface area contributed by atoms with Crippen LogP contribution in [0.4, 0.5) is 0 Å². The summed E-state index contributed by atoms with van der Waals surface area (Å²) in [4.78, 5) is 18.6. The molecule has 1 N–H and O–H groups in total. The highest BCUT2D eigenvalue weighted by Crippen LogP contribution is 2.18. The number of amides is 1. The van der Waals surface area contributed by atoms with Crippen molar-refractivity contribution in [2.24, 2.45) is 0 Å². The van der Waals surface area contributed by atoms with E-state index in [0.717, 1.165) is 32.5 Å². The molecular formula is C15H21Cl2N3O. The normalized spacial score (nSPS) is 16.9. The van der Waals surface area contributed by atoms with Gasteiger partial charge in [-0.15, -0.1) is 0 Å². The van der Waals surface area contributed by atoms with Gasteiger partial charge in [-0.2, -0.15) is 0 Å². The first-order valence-corrected chi connectivity index (χ1v) is 8.21. The predicted octanol–water partition coefficient (Wildman–Crippen LogP) is 3.38. The Hall–Kier alpha value is -0.840. The van der Waals surface area contributed by atoms with E-state index in [4.69, 9.17) is 23.2 Å². The summed E-state index contributed by atoms with van der Waals surface area (Å²) in [5, 5.41) is 3.48. The van der Waals surface area contributed by atoms with Crippen LogP contribution in [0.25, 0.3) is 0 Å². The summed E-state index contributed by atoms with van der Waals surface area (Å²) in [6.45, 7) is 5.44. The monoisotopic (exact) mass is 329 g/mol. The van der Waals surface area contributed by atoms with E-state index in [2.05, 4.69) is 22.1 Å². The Labute approximate surface area is 135 Å². The molecule has 0 aromatic carbocycles. The Bertz CT molecular complexity index is 488. The molecule has 0 spiro atoms. The fourth-order valence-corrected chi connectivity index (χ4v) is 2.96. The summed E-state index contributed by atoms with van der Waals surface area (Å²) < 4.78 is 0. The molecule has 1 fully saturated rings. The number of hydrogen-bond donors (Lipinski definition) is 1. The highest BCUT2D eigenvalue weighted by Gasteiger charge is 2.21. The maximum Gasteiger partial charge on any atom is 0.254 e. The molecule has 2 heterocycles. The summed E-state index contributed by atoms with van der Waals surface area (Å²) in [6.07, 6.45) is 4.42. The average molecular weight is 330 g/mol. The highest BCUT2D eigenvalue weighted by molar-refractivity contribution is 6.34. The zero-order valence-corrected chi connectivity index (χ0v) is 13.8. The van der Waals surface area contributed by atoms with Crippen molar-refractivity contribution in [1.29, 1.82) is 0 Å². The standard InChI is InChI=1S/C15H21Cl2N3O/c1-2-3-8-20-9-6-11(7-10-20)18-15(21)12-4-5-13(16)19-14(12)17/h4-5,11H,2-3,6-10H2,1H3,(H,18,21). The zero-order chi connectivity index (χ0) is 15.2. The molecule has 21 heavy (non-hydrogen) atoms. The summed E-state index contributed by atoms with van der Waals surface area (Å²) in [5.41, 5.74) is 0.384. The first-order valence-electron chi connectivity index (χ1n) is 7.45. The topological polar surface area (TPSA) is 45.2 Å². The van der Waals surface area contributed by atoms with Crippen LogP contribution in [0, 0.1) is 0 Å². The van der Waals surface area contributed by atoms with Gasteiger partial charge in [-0.05, 0) is 37.9 Å². The Morgan fingerprint density at radius 3 is 2.71 bits per heavy atom. The van der Waals surface area contributed by atoms with E-state index in [1.54, 1.807) is 12.1 Å². The van der Waals surface area contributed by atoms with Crippen LogP contribution in [0.5, 0.6) is 0 Å². The summed E-state index contributed by atoms with van der Waals surface area (Å²) in [5.74, 6) is -0.170. The molecule has 0 unspecified atom stereocenters. The summed E-state index contributed by atoms with van der Waals surface area (Å²) >= 11 is 11.7. The van der Waals surface area contributed by atoms with E-state index >= 15 is 0 Å². The molecule has 116 valence electrons. The third-order valence-electron chi connectivity index (χ3n) is 3.81. The van der Waals surface area contributed by atoms with Crippen molar-refractivity contribution < 1.29 is 4.79 Å². The second kappa shape index (κ2) is 7.97. The van der Waals surface area contributed by atoms with Gasteiger partial charge in [-0.25, -0.2) is 4.98 Å². The molecule has 1 saturated heterocycles. The van der Waals surface area contributed by atoms with E-state index < -0.39 is 0 Å². The number of nitrogens with zero attached hydrogens (tertiary/aromatic N) is 2. The number of carbonyl (C=O) groups excluding carboxylic acids is 1. The third kappa shape index (κ3) is 4.83. The number of halogens is 2. The van der Waals surface area contributed by atoms with Crippen LogP contribution in [0.1, 0.15) is 43.0 Å². The SMILES string of the molecule is CCCCN1CCC(NC(=O)c2ccc(Cl)nc2Cl)CC1. The van der Waals surface area contributed by atoms with Crippen LogP contribution in [0.3, 0.4) is 0 Å². The fraction of sp³-hybridized carbons (Fsp3) is 0.600. The number of aromatic nitrogens is 1. The number of nitrogens with one attached hydrogen (secondary N) is 1. The van der Waals surface area contributed by atoms with E-state index in [1.165, 1.54) is 12.8 Å². The molecule has 1 amide bonds. The van der Waals surface area contributed by atoms with Gasteiger partial charge >= 0.3 is 0 Å². The number of unbranched alkanes of at least 4 members (excludes halogenated alkanes) is 1. The third-order valence-corrected chi connectivity index (χ3v) is 4.31. The average Bonchev–Trinajstić information content (AvgIpc) is 2.46. The maximum atomic E-state index is 12.2. The summed E-state index contributed by atoms with van der Waals surface area (Å²) in [6, 6.07) is 3.40. The lowest BCUT2D eigenvalue weighted by Crippen LogP contribution is -2.44. The van der Waals surface area contributed by atoms with Crippen molar-refractivity contribution in [2.75, 3.05) is 19.6 Å². The van der Waals surface area contributed by atoms with Gasteiger partial charge in [0.2, 0.25) is 0 Å². The Balaban J connectivity index is 1.84. The lowest BCUT2D eigenvalue weighted by atomic mass is 10.0. The molecule has 1 aliphatic rings. The number of rotatable bonds is 5. The fourth-order valence-electron chi connectivity index (χ4n) is 2.53. The van der Waals surface area contributed by atoms with Gasteiger partial charge in [0.05, 0.1) is 5.56 Å². The van der Waals surface area contributed by atoms with Crippen molar-refractivity contribution in [3.05, 3.63) is 28.0 Å². The molecular weight excluding hydrogens is 309 g/mol. The Morgan fingerprint density at radius 2 is 2.10 bits per heavy atom. The number of likely N-dealkylation sites (tertiary alicyclic amines) is 1. The first kappa shape index (κ1) is 16.5. The van der Waals surface area contributed by atoms with Gasteiger partial charge in [-0.3, -0.25) is 4.79 Å². The summed E-state index contributed by atoms with van der Waals surface area (Å²) in [7, 11) is 0. The van der Waals surface area contributed by atoms with Crippen molar-refractivity contribution in [3.63, 3.8) is 0 Å². The number of piperidine rings is 1. The molecule has 0 saturated carbocycles. The molecule has 4 nitrogen and oxygen atoms in total. The number of hydrogen-bond acceptors (Lipinski definition) is 3. The van der Waals surface area contributed by atoms with E-state index in [0.29, 0.717) is 10.7 Å². The molecule has 0 atom stereocenters. The Kier molecular flexibility index (Phi) is 6.27. The molecule has 2 rings (SSSR count). The van der Waals surface area contributed by atoms with Crippen LogP contribution in [-0.4, -0.2) is 41.5 Å². The van der Waals surface area contributed by atoms with E-state index in [-0.39, 0.29) is 17.1 Å². The van der Waals surface area contributed by atoms with Gasteiger partial charge < -0.3 is 10.2 Å². The van der Waals surface area contributed by atoms with Gasteiger partial charge in [0, 0.05) is 19.1 Å². The van der Waals surface area contributed by atoms with Gasteiger partial charge in [0.1, 0.15) is 10.3 Å². The van der Waals surface area contributed by atoms with E-state index in [9.17, 15) is 4.79 Å². The minimum absolute atomic E-state index is 0.153. The largest absolute Gasteiger partial charge is 0.349 e. The van der Waals surface area contributed by atoms with Crippen molar-refractivity contribution in [1.82, 2.24) is 15.2 Å². The van der Waals surface area contributed by atoms with Gasteiger partial charge in [-0.1, -0.05) is 36.5 Å². The zero-order valence-electron chi connectivity index (χ0n) is 12.2. The van der Waals surface area contributed by atoms with Crippen LogP contribution >= 0.6 is 23.2 Å². The maximum absolute atomic E-state index is 12.2.